The van der Waals surface area contributed by atoms with Crippen molar-refractivity contribution in [1.82, 2.24) is 0 Å². The van der Waals surface area contributed by atoms with Crippen LogP contribution in [0.25, 0.3) is 0 Å². The van der Waals surface area contributed by atoms with E-state index in [1.807, 2.05) is 0 Å². The molecule has 20 heavy (non-hydrogen) atoms. The molecule has 0 aliphatic heterocycles. The van der Waals surface area contributed by atoms with E-state index in [4.69, 9.17) is 19.5 Å². The fourth-order valence-corrected chi connectivity index (χ4v) is 1.66. The van der Waals surface area contributed by atoms with E-state index >= 15 is 0 Å². The standard InChI is InChI=1S/C14H10FNO4/c1-8-12(14(17)18)4-11(20-8)7-19-10-3-2-9(6-16)13(15)5-10/h2-5H,7H2,1H3,(H,17,18). The summed E-state index contributed by atoms with van der Waals surface area (Å²) >= 11 is 0. The Balaban J connectivity index is 2.09. The lowest BCUT2D eigenvalue weighted by atomic mass is 10.2. The zero-order valence-electron chi connectivity index (χ0n) is 10.5. The second-order valence-electron chi connectivity index (χ2n) is 4.03. The first-order valence-electron chi connectivity index (χ1n) is 5.66. The molecule has 0 aliphatic carbocycles. The first kappa shape index (κ1) is 13.6. The number of hydrogen-bond acceptors (Lipinski definition) is 4. The van der Waals surface area contributed by atoms with E-state index in [0.29, 0.717) is 5.76 Å². The molecule has 0 spiro atoms. The normalized spacial score (nSPS) is 10.1. The Morgan fingerprint density at radius 1 is 1.50 bits per heavy atom. The molecule has 6 heteroatoms. The highest BCUT2D eigenvalue weighted by Gasteiger charge is 2.14. The number of rotatable bonds is 4. The molecule has 1 aromatic heterocycles. The van der Waals surface area contributed by atoms with Crippen molar-refractivity contribution < 1.29 is 23.4 Å². The van der Waals surface area contributed by atoms with E-state index in [1.165, 1.54) is 25.1 Å². The Kier molecular flexibility index (Phi) is 3.71. The molecule has 0 aliphatic rings. The van der Waals surface area contributed by atoms with Crippen LogP contribution in [0.5, 0.6) is 5.75 Å². The molecular formula is C14H10FNO4. The van der Waals surface area contributed by atoms with Crippen molar-refractivity contribution in [3.8, 4) is 11.8 Å². The van der Waals surface area contributed by atoms with E-state index in [-0.39, 0.29) is 29.2 Å². The van der Waals surface area contributed by atoms with Gasteiger partial charge in [0.05, 0.1) is 5.56 Å². The van der Waals surface area contributed by atoms with Gasteiger partial charge in [-0.25, -0.2) is 9.18 Å². The third-order valence-electron chi connectivity index (χ3n) is 2.64. The SMILES string of the molecule is Cc1oc(COc2ccc(C#N)c(F)c2)cc1C(=O)O. The Labute approximate surface area is 113 Å². The van der Waals surface area contributed by atoms with Gasteiger partial charge in [-0.05, 0) is 25.1 Å². The first-order valence-corrected chi connectivity index (χ1v) is 5.66. The van der Waals surface area contributed by atoms with Gasteiger partial charge in [-0.15, -0.1) is 0 Å². The molecular weight excluding hydrogens is 265 g/mol. The number of hydrogen-bond donors (Lipinski definition) is 1. The Morgan fingerprint density at radius 3 is 2.80 bits per heavy atom. The van der Waals surface area contributed by atoms with Crippen LogP contribution in [0.15, 0.2) is 28.7 Å². The lowest BCUT2D eigenvalue weighted by Crippen LogP contribution is -1.96. The summed E-state index contributed by atoms with van der Waals surface area (Å²) in [5.41, 5.74) is -0.00559. The van der Waals surface area contributed by atoms with Crippen LogP contribution in [0.2, 0.25) is 0 Å². The van der Waals surface area contributed by atoms with E-state index in [2.05, 4.69) is 0 Å². The quantitative estimate of drug-likeness (QED) is 0.927. The summed E-state index contributed by atoms with van der Waals surface area (Å²) < 4.78 is 23.9. The third-order valence-corrected chi connectivity index (χ3v) is 2.64. The third kappa shape index (κ3) is 2.78. The van der Waals surface area contributed by atoms with Gasteiger partial charge >= 0.3 is 5.97 Å². The molecule has 2 aromatic rings. The number of halogens is 1. The second-order valence-corrected chi connectivity index (χ2v) is 4.03. The van der Waals surface area contributed by atoms with E-state index < -0.39 is 11.8 Å². The summed E-state index contributed by atoms with van der Waals surface area (Å²) in [6.07, 6.45) is 0. The highest BCUT2D eigenvalue weighted by Crippen LogP contribution is 2.19. The fourth-order valence-electron chi connectivity index (χ4n) is 1.66. The van der Waals surface area contributed by atoms with Crippen molar-refractivity contribution in [3.63, 3.8) is 0 Å². The van der Waals surface area contributed by atoms with Crippen molar-refractivity contribution in [3.05, 3.63) is 52.7 Å². The number of carboxylic acids is 1. The molecule has 0 saturated heterocycles. The first-order chi connectivity index (χ1) is 9.51. The minimum atomic E-state index is -1.08. The average Bonchev–Trinajstić information content (AvgIpc) is 2.78. The minimum absolute atomic E-state index is 0.0283. The average molecular weight is 275 g/mol. The Hall–Kier alpha value is -2.81. The van der Waals surface area contributed by atoms with Crippen molar-refractivity contribution in [1.29, 1.82) is 5.26 Å². The molecule has 1 aromatic carbocycles. The number of benzene rings is 1. The van der Waals surface area contributed by atoms with Gasteiger partial charge in [0.15, 0.2) is 0 Å². The molecule has 2 rings (SSSR count). The number of nitriles is 1. The molecule has 102 valence electrons. The molecule has 0 bridgehead atoms. The van der Waals surface area contributed by atoms with Crippen molar-refractivity contribution in [2.24, 2.45) is 0 Å². The van der Waals surface area contributed by atoms with Crippen LogP contribution < -0.4 is 4.74 Å². The van der Waals surface area contributed by atoms with Gasteiger partial charge in [-0.3, -0.25) is 0 Å². The maximum atomic E-state index is 13.3. The lowest BCUT2D eigenvalue weighted by Gasteiger charge is -2.04. The van der Waals surface area contributed by atoms with E-state index in [9.17, 15) is 9.18 Å². The maximum absolute atomic E-state index is 13.3. The second kappa shape index (κ2) is 5.45. The topological polar surface area (TPSA) is 83.5 Å². The smallest absolute Gasteiger partial charge is 0.339 e. The zero-order valence-corrected chi connectivity index (χ0v) is 10.5. The summed E-state index contributed by atoms with van der Waals surface area (Å²) in [5, 5.41) is 17.5. The predicted octanol–water partition coefficient (Wildman–Crippen LogP) is 2.88. The molecule has 5 nitrogen and oxygen atoms in total. The number of ether oxygens (including phenoxy) is 1. The van der Waals surface area contributed by atoms with E-state index in [0.717, 1.165) is 6.07 Å². The Morgan fingerprint density at radius 2 is 2.25 bits per heavy atom. The summed E-state index contributed by atoms with van der Waals surface area (Å²) in [6.45, 7) is 1.51. The van der Waals surface area contributed by atoms with Crippen molar-refractivity contribution in [2.45, 2.75) is 13.5 Å². The number of carbonyl (C=O) groups is 1. The van der Waals surface area contributed by atoms with Gasteiger partial charge in [-0.2, -0.15) is 5.26 Å². The summed E-state index contributed by atoms with van der Waals surface area (Å²) in [4.78, 5) is 10.8. The van der Waals surface area contributed by atoms with Crippen molar-refractivity contribution >= 4 is 5.97 Å². The molecule has 1 N–H and O–H groups in total. The summed E-state index contributed by atoms with van der Waals surface area (Å²) in [7, 11) is 0. The van der Waals surface area contributed by atoms with Gasteiger partial charge in [0.2, 0.25) is 0 Å². The van der Waals surface area contributed by atoms with Crippen LogP contribution in [0, 0.1) is 24.1 Å². The highest BCUT2D eigenvalue weighted by atomic mass is 19.1. The number of furan rings is 1. The Bertz CT molecular complexity index is 700. The van der Waals surface area contributed by atoms with Crippen LogP contribution in [-0.2, 0) is 6.61 Å². The molecule has 0 radical (unpaired) electrons. The van der Waals surface area contributed by atoms with Gasteiger partial charge in [0, 0.05) is 6.07 Å². The summed E-state index contributed by atoms with van der Waals surface area (Å²) in [5.74, 6) is -0.923. The monoisotopic (exact) mass is 275 g/mol. The summed E-state index contributed by atoms with van der Waals surface area (Å²) in [6, 6.07) is 6.91. The number of nitrogens with zero attached hydrogens (tertiary/aromatic N) is 1. The molecule has 0 atom stereocenters. The van der Waals surface area contributed by atoms with Crippen LogP contribution in [-0.4, -0.2) is 11.1 Å². The maximum Gasteiger partial charge on any atom is 0.339 e. The van der Waals surface area contributed by atoms with Crippen LogP contribution in [0.4, 0.5) is 4.39 Å². The largest absolute Gasteiger partial charge is 0.486 e. The number of aryl methyl sites for hydroxylation is 1. The lowest BCUT2D eigenvalue weighted by molar-refractivity contribution is 0.0695. The minimum Gasteiger partial charge on any atom is -0.486 e. The van der Waals surface area contributed by atoms with Crippen molar-refractivity contribution in [2.75, 3.05) is 0 Å². The van der Waals surface area contributed by atoms with Crippen LogP contribution in [0.1, 0.15) is 27.4 Å². The molecule has 0 amide bonds. The molecule has 0 saturated carbocycles. The fraction of sp³-hybridized carbons (Fsp3) is 0.143. The predicted molar refractivity (Wildman–Crippen MR) is 65.9 cm³/mol. The molecule has 0 fully saturated rings. The number of carboxylic acid groups (broad SMARTS) is 1. The van der Waals surface area contributed by atoms with Gasteiger partial charge in [0.1, 0.15) is 41.3 Å². The van der Waals surface area contributed by atoms with Gasteiger partial charge < -0.3 is 14.3 Å². The van der Waals surface area contributed by atoms with Gasteiger partial charge in [-0.1, -0.05) is 0 Å². The molecule has 1 heterocycles. The van der Waals surface area contributed by atoms with Gasteiger partial charge in [0.25, 0.3) is 0 Å². The van der Waals surface area contributed by atoms with Crippen LogP contribution in [0.3, 0.4) is 0 Å². The van der Waals surface area contributed by atoms with E-state index in [1.54, 1.807) is 6.07 Å². The number of aromatic carboxylic acids is 1. The van der Waals surface area contributed by atoms with Crippen LogP contribution >= 0.6 is 0 Å². The highest BCUT2D eigenvalue weighted by molar-refractivity contribution is 5.88. The zero-order chi connectivity index (χ0) is 14.7. The molecule has 0 unspecified atom stereocenters.